The van der Waals surface area contributed by atoms with E-state index in [0.717, 1.165) is 11.5 Å². The van der Waals surface area contributed by atoms with Gasteiger partial charge in [-0.25, -0.2) is 8.78 Å². The van der Waals surface area contributed by atoms with Crippen LogP contribution in [0.4, 0.5) is 14.5 Å². The number of isothiocyanates is 1. The lowest BCUT2D eigenvalue weighted by Crippen LogP contribution is -2.13. The molecule has 1 saturated carbocycles. The zero-order valence-electron chi connectivity index (χ0n) is 15.0. The number of rotatable bonds is 5. The summed E-state index contributed by atoms with van der Waals surface area (Å²) < 4.78 is 28.1. The Morgan fingerprint density at radius 3 is 2.15 bits per heavy atom. The number of hydrogen-bond donors (Lipinski definition) is 0. The van der Waals surface area contributed by atoms with E-state index in [2.05, 4.69) is 36.3 Å². The number of nitrogens with zero attached hydrogens (tertiary/aromatic N) is 1. The van der Waals surface area contributed by atoms with Crippen LogP contribution in [-0.2, 0) is 0 Å². The Hall–Kier alpha value is -1.90. The van der Waals surface area contributed by atoms with Gasteiger partial charge in [0.2, 0.25) is 0 Å². The summed E-state index contributed by atoms with van der Waals surface area (Å²) in [5.74, 6) is 0.0336. The molecule has 2 aromatic carbocycles. The zero-order chi connectivity index (χ0) is 18.5. The molecule has 0 unspecified atom stereocenters. The van der Waals surface area contributed by atoms with Gasteiger partial charge in [0.05, 0.1) is 5.16 Å². The van der Waals surface area contributed by atoms with Gasteiger partial charge in [-0.3, -0.25) is 0 Å². The van der Waals surface area contributed by atoms with Crippen LogP contribution in [0.3, 0.4) is 0 Å². The van der Waals surface area contributed by atoms with Gasteiger partial charge in [-0.2, -0.15) is 4.99 Å². The SMILES string of the molecule is CCC[C@H]1CC[C@H](c2ccc(-c3cc(F)c(N=C=S)c(F)c3)cc2)CC1. The first-order valence-electron chi connectivity index (χ1n) is 9.29. The molecule has 136 valence electrons. The second-order valence-corrected chi connectivity index (χ2v) is 7.30. The average molecular weight is 371 g/mol. The molecule has 4 heteroatoms. The van der Waals surface area contributed by atoms with E-state index in [0.29, 0.717) is 11.5 Å². The van der Waals surface area contributed by atoms with E-state index in [9.17, 15) is 8.78 Å². The smallest absolute Gasteiger partial charge is 0.153 e. The molecule has 3 rings (SSSR count). The molecule has 0 amide bonds. The van der Waals surface area contributed by atoms with E-state index in [1.165, 1.54) is 56.2 Å². The summed E-state index contributed by atoms with van der Waals surface area (Å²) in [6.07, 6.45) is 7.68. The molecule has 0 spiro atoms. The lowest BCUT2D eigenvalue weighted by molar-refractivity contribution is 0.308. The van der Waals surface area contributed by atoms with E-state index in [4.69, 9.17) is 0 Å². The van der Waals surface area contributed by atoms with Crippen molar-refractivity contribution < 1.29 is 8.78 Å². The summed E-state index contributed by atoms with van der Waals surface area (Å²) in [4.78, 5) is 3.45. The molecule has 0 N–H and O–H groups in total. The van der Waals surface area contributed by atoms with Gasteiger partial charge in [-0.1, -0.05) is 44.0 Å². The Balaban J connectivity index is 1.75. The van der Waals surface area contributed by atoms with Crippen molar-refractivity contribution in [2.45, 2.75) is 51.4 Å². The molecule has 2 aromatic rings. The van der Waals surface area contributed by atoms with Crippen LogP contribution in [0.25, 0.3) is 11.1 Å². The van der Waals surface area contributed by atoms with Crippen molar-refractivity contribution in [2.24, 2.45) is 10.9 Å². The number of thiocarbonyl (C=S) groups is 1. The van der Waals surface area contributed by atoms with Crippen LogP contribution in [-0.4, -0.2) is 5.16 Å². The molecule has 1 aliphatic rings. The van der Waals surface area contributed by atoms with Crippen LogP contribution < -0.4 is 0 Å². The van der Waals surface area contributed by atoms with E-state index >= 15 is 0 Å². The fraction of sp³-hybridized carbons (Fsp3) is 0.409. The highest BCUT2D eigenvalue weighted by molar-refractivity contribution is 7.78. The number of hydrogen-bond acceptors (Lipinski definition) is 2. The number of aliphatic imine (C=N–C) groups is 1. The Morgan fingerprint density at radius 2 is 1.62 bits per heavy atom. The van der Waals surface area contributed by atoms with Crippen molar-refractivity contribution in [2.75, 3.05) is 0 Å². The third-order valence-electron chi connectivity index (χ3n) is 5.43. The standard InChI is InChI=1S/C22H23F2NS/c1-2-3-15-4-6-16(7-5-15)17-8-10-18(11-9-17)19-12-20(23)22(25-14-26)21(24)13-19/h8-13,15-16H,2-7H2,1H3/t15-,16-. The largest absolute Gasteiger partial charge is 0.204 e. The van der Waals surface area contributed by atoms with Gasteiger partial charge >= 0.3 is 0 Å². The average Bonchev–Trinajstić information content (AvgIpc) is 2.66. The summed E-state index contributed by atoms with van der Waals surface area (Å²) in [6.45, 7) is 2.25. The van der Waals surface area contributed by atoms with E-state index < -0.39 is 11.6 Å². The summed E-state index contributed by atoms with van der Waals surface area (Å²) in [7, 11) is 0. The van der Waals surface area contributed by atoms with Gasteiger partial charge in [0.25, 0.3) is 0 Å². The summed E-state index contributed by atoms with van der Waals surface area (Å²) in [5, 5.41) is 2.01. The first-order chi connectivity index (χ1) is 12.6. The third kappa shape index (κ3) is 4.25. The summed E-state index contributed by atoms with van der Waals surface area (Å²) in [5.41, 5.74) is 2.24. The van der Waals surface area contributed by atoms with Crippen LogP contribution in [0, 0.1) is 17.6 Å². The second kappa shape index (κ2) is 8.66. The molecule has 26 heavy (non-hydrogen) atoms. The lowest BCUT2D eigenvalue weighted by Gasteiger charge is -2.28. The van der Waals surface area contributed by atoms with Crippen molar-refractivity contribution in [3.05, 3.63) is 53.6 Å². The van der Waals surface area contributed by atoms with E-state index in [1.807, 2.05) is 17.3 Å². The Kier molecular flexibility index (Phi) is 6.29. The molecule has 0 aliphatic heterocycles. The summed E-state index contributed by atoms with van der Waals surface area (Å²) in [6, 6.07) is 10.7. The third-order valence-corrected chi connectivity index (χ3v) is 5.52. The lowest BCUT2D eigenvalue weighted by atomic mass is 9.77. The van der Waals surface area contributed by atoms with Gasteiger partial charge in [0.15, 0.2) is 11.6 Å². The van der Waals surface area contributed by atoms with Crippen LogP contribution in [0.5, 0.6) is 0 Å². The van der Waals surface area contributed by atoms with Gasteiger partial charge in [-0.15, -0.1) is 0 Å². The monoisotopic (exact) mass is 371 g/mol. The molecule has 0 aromatic heterocycles. The van der Waals surface area contributed by atoms with Crippen LogP contribution in [0.15, 0.2) is 41.4 Å². The molecular weight excluding hydrogens is 348 g/mol. The zero-order valence-corrected chi connectivity index (χ0v) is 15.8. The minimum absolute atomic E-state index is 0.385. The Bertz CT molecular complexity index is 778. The highest BCUT2D eigenvalue weighted by Gasteiger charge is 2.21. The van der Waals surface area contributed by atoms with Crippen molar-refractivity contribution in [3.8, 4) is 11.1 Å². The Labute approximate surface area is 159 Å². The fourth-order valence-electron chi connectivity index (χ4n) is 4.03. The van der Waals surface area contributed by atoms with Crippen molar-refractivity contribution in [3.63, 3.8) is 0 Å². The van der Waals surface area contributed by atoms with Crippen molar-refractivity contribution in [1.29, 1.82) is 0 Å². The predicted octanol–water partition coefficient (Wildman–Crippen LogP) is 7.44. The molecule has 1 nitrogen and oxygen atoms in total. The van der Waals surface area contributed by atoms with Crippen LogP contribution >= 0.6 is 12.2 Å². The maximum atomic E-state index is 14.0. The van der Waals surface area contributed by atoms with E-state index in [1.54, 1.807) is 0 Å². The molecule has 0 atom stereocenters. The number of benzene rings is 2. The van der Waals surface area contributed by atoms with Gasteiger partial charge in [0, 0.05) is 0 Å². The fourth-order valence-corrected chi connectivity index (χ4v) is 4.12. The van der Waals surface area contributed by atoms with Gasteiger partial charge in [0.1, 0.15) is 5.69 Å². The van der Waals surface area contributed by atoms with Gasteiger partial charge in [-0.05, 0) is 78.6 Å². The normalized spacial score (nSPS) is 19.8. The number of halogens is 2. The molecule has 0 heterocycles. The van der Waals surface area contributed by atoms with E-state index in [-0.39, 0.29) is 5.69 Å². The highest BCUT2D eigenvalue weighted by atomic mass is 32.1. The minimum atomic E-state index is -0.726. The minimum Gasteiger partial charge on any atom is -0.204 e. The van der Waals surface area contributed by atoms with Crippen molar-refractivity contribution in [1.82, 2.24) is 0 Å². The van der Waals surface area contributed by atoms with Crippen LogP contribution in [0.1, 0.15) is 56.9 Å². The molecule has 0 saturated heterocycles. The first-order valence-corrected chi connectivity index (χ1v) is 9.70. The first kappa shape index (κ1) is 18.9. The Morgan fingerprint density at radius 1 is 1.00 bits per heavy atom. The molecule has 1 fully saturated rings. The summed E-state index contributed by atoms with van der Waals surface area (Å²) >= 11 is 4.43. The maximum absolute atomic E-state index is 14.0. The van der Waals surface area contributed by atoms with Crippen molar-refractivity contribution >= 4 is 23.1 Å². The quantitative estimate of drug-likeness (QED) is 0.393. The highest BCUT2D eigenvalue weighted by Crippen LogP contribution is 2.38. The molecular formula is C22H23F2NS. The maximum Gasteiger partial charge on any atom is 0.153 e. The second-order valence-electron chi connectivity index (χ2n) is 7.12. The topological polar surface area (TPSA) is 12.4 Å². The molecule has 1 aliphatic carbocycles. The van der Waals surface area contributed by atoms with Gasteiger partial charge < -0.3 is 0 Å². The molecule has 0 radical (unpaired) electrons. The van der Waals surface area contributed by atoms with Crippen LogP contribution in [0.2, 0.25) is 0 Å². The molecule has 0 bridgehead atoms. The predicted molar refractivity (Wildman–Crippen MR) is 106 cm³/mol.